The molecule has 7 rings (SSSR count). The number of nitrogens with zero attached hydrogens (tertiary/aromatic N) is 5. The maximum Gasteiger partial charge on any atom is 0.352 e. The molecule has 254 valence electrons. The number of carboxylic acids is 1. The van der Waals surface area contributed by atoms with Crippen molar-refractivity contribution in [1.82, 2.24) is 19.4 Å². The summed E-state index contributed by atoms with van der Waals surface area (Å²) in [5.41, 5.74) is 6.58. The summed E-state index contributed by atoms with van der Waals surface area (Å²) in [5, 5.41) is 26.0. The van der Waals surface area contributed by atoms with E-state index in [9.17, 15) is 9.90 Å². The number of aromatic nitrogens is 3. The van der Waals surface area contributed by atoms with Crippen LogP contribution < -0.4 is 4.74 Å². The van der Waals surface area contributed by atoms with Crippen LogP contribution in [0.2, 0.25) is 5.02 Å². The summed E-state index contributed by atoms with van der Waals surface area (Å²) in [4.78, 5) is 13.9. The number of aryl methyl sites for hydroxylation is 3. The minimum absolute atomic E-state index is 0.269. The highest BCUT2D eigenvalue weighted by molar-refractivity contribution is 7.99. The summed E-state index contributed by atoms with van der Waals surface area (Å²) in [6, 6.07) is 16.3. The zero-order valence-corrected chi connectivity index (χ0v) is 30.6. The number of benzene rings is 3. The molecule has 2 aromatic heterocycles. The van der Waals surface area contributed by atoms with E-state index in [1.807, 2.05) is 38.4 Å². The molecule has 0 amide bonds. The Morgan fingerprint density at radius 1 is 0.980 bits per heavy atom. The van der Waals surface area contributed by atoms with Gasteiger partial charge in [-0.1, -0.05) is 60.1 Å². The Bertz CT molecular complexity index is 2140. The number of fused-ring (bicyclic) bond motifs is 8. The van der Waals surface area contributed by atoms with Gasteiger partial charge in [-0.05, 0) is 61.3 Å². The minimum Gasteiger partial charge on any atom is -0.493 e. The topological polar surface area (TPSA) is 84.9 Å². The van der Waals surface area contributed by atoms with Gasteiger partial charge in [0.15, 0.2) is 0 Å². The van der Waals surface area contributed by atoms with Crippen molar-refractivity contribution in [1.29, 1.82) is 0 Å². The predicted molar refractivity (Wildman–Crippen MR) is 204 cm³/mol. The number of halogens is 2. The van der Waals surface area contributed by atoms with E-state index in [0.717, 1.165) is 91.9 Å². The maximum atomic E-state index is 12.8. The molecule has 0 saturated carbocycles. The third-order valence-corrected chi connectivity index (χ3v) is 11.9. The highest BCUT2D eigenvalue weighted by Gasteiger charge is 2.29. The molecule has 0 aliphatic carbocycles. The first kappa shape index (κ1) is 33.9. The second kappa shape index (κ2) is 14.3. The van der Waals surface area contributed by atoms with Gasteiger partial charge in [0.1, 0.15) is 16.6 Å². The van der Waals surface area contributed by atoms with Crippen LogP contribution in [0.5, 0.6) is 5.75 Å². The molecular formula is C37H37Cl2N5O3S2. The van der Waals surface area contributed by atoms with E-state index < -0.39 is 5.97 Å². The van der Waals surface area contributed by atoms with Gasteiger partial charge in [-0.25, -0.2) is 4.79 Å². The van der Waals surface area contributed by atoms with Crippen molar-refractivity contribution >= 4 is 79.5 Å². The van der Waals surface area contributed by atoms with Crippen molar-refractivity contribution < 1.29 is 14.6 Å². The molecule has 12 heteroatoms. The smallest absolute Gasteiger partial charge is 0.352 e. The van der Waals surface area contributed by atoms with Gasteiger partial charge < -0.3 is 14.4 Å². The monoisotopic (exact) mass is 733 g/mol. The fourth-order valence-electron chi connectivity index (χ4n) is 6.94. The van der Waals surface area contributed by atoms with Crippen molar-refractivity contribution in [3.8, 4) is 16.9 Å². The van der Waals surface area contributed by atoms with Crippen LogP contribution in [0.15, 0.2) is 70.8 Å². The molecule has 8 nitrogen and oxygen atoms in total. The summed E-state index contributed by atoms with van der Waals surface area (Å²) in [7, 11) is 3.69. The van der Waals surface area contributed by atoms with Gasteiger partial charge in [0.05, 0.1) is 22.8 Å². The molecule has 4 heterocycles. The normalized spacial score (nSPS) is 17.5. The molecule has 2 aliphatic rings. The van der Waals surface area contributed by atoms with Gasteiger partial charge >= 0.3 is 5.97 Å². The molecule has 0 radical (unpaired) electrons. The van der Waals surface area contributed by atoms with Crippen molar-refractivity contribution in [3.05, 3.63) is 88.5 Å². The van der Waals surface area contributed by atoms with Crippen LogP contribution in [0.1, 0.15) is 46.7 Å². The third kappa shape index (κ3) is 6.68. The Morgan fingerprint density at radius 3 is 2.65 bits per heavy atom. The summed E-state index contributed by atoms with van der Waals surface area (Å²) < 4.78 is 10.3. The predicted octanol–water partition coefficient (Wildman–Crippen LogP) is 9.23. The number of aromatic carboxylic acids is 1. The molecule has 2 aliphatic heterocycles. The molecule has 0 saturated heterocycles. The Kier molecular flexibility index (Phi) is 9.93. The first-order chi connectivity index (χ1) is 23.7. The van der Waals surface area contributed by atoms with Crippen LogP contribution in [0.25, 0.3) is 32.8 Å². The molecule has 1 N–H and O–H groups in total. The SMILES string of the molecule is C=C1CSc2cc(c3ccccc3c2)OCCCc2c(C(=O)O)n(C)c3c(c(Cl)ccc23)-c2c(nn3c2CCCC3)CSC/C(Cl)=N/N1C. The van der Waals surface area contributed by atoms with Gasteiger partial charge in [0.2, 0.25) is 0 Å². The Balaban J connectivity index is 1.34. The zero-order valence-electron chi connectivity index (χ0n) is 27.5. The number of thioether (sulfide) groups is 2. The number of rotatable bonds is 1. The summed E-state index contributed by atoms with van der Waals surface area (Å²) in [6.45, 7) is 5.53. The molecule has 0 spiro atoms. The summed E-state index contributed by atoms with van der Waals surface area (Å²) >= 11 is 17.1. The Labute approximate surface area is 304 Å². The van der Waals surface area contributed by atoms with Gasteiger partial charge in [0.25, 0.3) is 0 Å². The molecule has 0 fully saturated rings. The zero-order chi connectivity index (χ0) is 34.2. The van der Waals surface area contributed by atoms with E-state index in [2.05, 4.69) is 40.6 Å². The van der Waals surface area contributed by atoms with E-state index in [1.54, 1.807) is 33.1 Å². The number of ether oxygens (including phenoxy) is 1. The van der Waals surface area contributed by atoms with Gasteiger partial charge in [0, 0.05) is 76.1 Å². The van der Waals surface area contributed by atoms with E-state index in [1.165, 1.54) is 0 Å². The standard InChI is InChI=1S/C37H37Cl2N5O3S2/c1-22-19-49-24-17-23-9-4-5-10-25(23)31(18-24)47-16-8-11-26-27-13-14-28(38)33(35(27)42(2)36(26)37(45)46)34-29(20-48-21-32(39)41-43(22)3)40-44-15-7-6-12-30(34)44/h4-5,9-10,13-14,17-18H,1,6-8,11-12,15-16,19-21H2,2-3H3,(H,45,46)/b41-32-. The average molecular weight is 735 g/mol. The second-order valence-electron chi connectivity index (χ2n) is 12.4. The maximum absolute atomic E-state index is 12.8. The summed E-state index contributed by atoms with van der Waals surface area (Å²) in [5.74, 6) is 1.54. The van der Waals surface area contributed by atoms with Gasteiger partial charge in [-0.15, -0.1) is 23.5 Å². The van der Waals surface area contributed by atoms with Crippen molar-refractivity contribution in [3.63, 3.8) is 0 Å². The first-order valence-electron chi connectivity index (χ1n) is 16.3. The van der Waals surface area contributed by atoms with Gasteiger partial charge in [-0.3, -0.25) is 9.69 Å². The van der Waals surface area contributed by atoms with Crippen LogP contribution in [0.3, 0.4) is 0 Å². The minimum atomic E-state index is -0.966. The van der Waals surface area contributed by atoms with Crippen molar-refractivity contribution in [2.24, 2.45) is 12.1 Å². The average Bonchev–Trinajstić information content (AvgIpc) is 3.59. The molecule has 5 aromatic rings. The second-order valence-corrected chi connectivity index (χ2v) is 15.3. The van der Waals surface area contributed by atoms with E-state index in [0.29, 0.717) is 46.9 Å². The lowest BCUT2D eigenvalue weighted by atomic mass is 9.95. The fraction of sp³-hybridized carbons (Fsp3) is 0.324. The lowest BCUT2D eigenvalue weighted by Crippen LogP contribution is -2.14. The number of carbonyl (C=O) groups is 1. The fourth-order valence-corrected chi connectivity index (χ4v) is 9.17. The number of hydrogen-bond acceptors (Lipinski definition) is 7. The van der Waals surface area contributed by atoms with Crippen LogP contribution in [0, 0.1) is 0 Å². The lowest BCUT2D eigenvalue weighted by Gasteiger charge is -2.17. The third-order valence-electron chi connectivity index (χ3n) is 9.23. The largest absolute Gasteiger partial charge is 0.493 e. The number of carboxylic acid groups (broad SMARTS) is 1. The number of hydrazone groups is 1. The highest BCUT2D eigenvalue weighted by Crippen LogP contribution is 2.44. The van der Waals surface area contributed by atoms with Crippen LogP contribution in [-0.4, -0.2) is 60.8 Å². The molecule has 0 unspecified atom stereocenters. The molecule has 3 aromatic carbocycles. The quantitative estimate of drug-likeness (QED) is 0.184. The Hall–Kier alpha value is -3.57. The molecule has 49 heavy (non-hydrogen) atoms. The highest BCUT2D eigenvalue weighted by atomic mass is 35.5. The van der Waals surface area contributed by atoms with E-state index in [4.69, 9.17) is 33.0 Å². The first-order valence-corrected chi connectivity index (χ1v) is 19.2. The molecular weight excluding hydrogens is 697 g/mol. The molecule has 0 atom stereocenters. The summed E-state index contributed by atoms with van der Waals surface area (Å²) in [6.07, 6.45) is 4.16. The van der Waals surface area contributed by atoms with Crippen LogP contribution in [0.4, 0.5) is 0 Å². The van der Waals surface area contributed by atoms with Crippen molar-refractivity contribution in [2.45, 2.75) is 49.3 Å². The van der Waals surface area contributed by atoms with E-state index in [-0.39, 0.29) is 5.69 Å². The van der Waals surface area contributed by atoms with Crippen molar-refractivity contribution in [2.75, 3.05) is 25.2 Å². The van der Waals surface area contributed by atoms with Crippen LogP contribution >= 0.6 is 46.7 Å². The van der Waals surface area contributed by atoms with Gasteiger partial charge in [-0.2, -0.15) is 10.2 Å². The Morgan fingerprint density at radius 2 is 1.82 bits per heavy atom. The molecule has 6 bridgehead atoms. The number of hydrogen-bond donors (Lipinski definition) is 1. The van der Waals surface area contributed by atoms with Crippen LogP contribution in [-0.2, 0) is 32.2 Å². The van der Waals surface area contributed by atoms with E-state index >= 15 is 0 Å². The lowest BCUT2D eigenvalue weighted by molar-refractivity contribution is 0.0685.